The second kappa shape index (κ2) is 6.77. The molecule has 0 aromatic carbocycles. The molecular formula is C15H27N3O2. The van der Waals surface area contributed by atoms with Crippen molar-refractivity contribution in [2.75, 3.05) is 12.3 Å². The molecule has 0 saturated carbocycles. The van der Waals surface area contributed by atoms with Crippen LogP contribution in [0.2, 0.25) is 0 Å². The van der Waals surface area contributed by atoms with Gasteiger partial charge in [0.25, 0.3) is 0 Å². The summed E-state index contributed by atoms with van der Waals surface area (Å²) in [6.45, 7) is 10.6. The highest BCUT2D eigenvalue weighted by Crippen LogP contribution is 2.34. The molecule has 1 aromatic heterocycles. The molecule has 5 heteroatoms. The summed E-state index contributed by atoms with van der Waals surface area (Å²) in [5.74, 6) is 0.859. The number of aryl methyl sites for hydroxylation is 1. The van der Waals surface area contributed by atoms with E-state index < -0.39 is 5.97 Å². The number of rotatable bonds is 7. The molecule has 114 valence electrons. The van der Waals surface area contributed by atoms with Gasteiger partial charge >= 0.3 is 5.97 Å². The number of aromatic nitrogens is 2. The minimum Gasteiger partial charge on any atom is -0.461 e. The van der Waals surface area contributed by atoms with Crippen LogP contribution in [0.3, 0.4) is 0 Å². The van der Waals surface area contributed by atoms with Crippen molar-refractivity contribution >= 4 is 11.8 Å². The largest absolute Gasteiger partial charge is 0.461 e. The summed E-state index contributed by atoms with van der Waals surface area (Å²) in [5.41, 5.74) is 6.40. The molecule has 0 saturated heterocycles. The van der Waals surface area contributed by atoms with E-state index in [9.17, 15) is 4.79 Å². The van der Waals surface area contributed by atoms with Crippen LogP contribution in [0.4, 0.5) is 5.82 Å². The Kier molecular flexibility index (Phi) is 5.60. The molecule has 2 N–H and O–H groups in total. The first-order chi connectivity index (χ1) is 9.51. The SMILES string of the molecule is CCOC(=O)c1nc(CC)n(C(CC)(CC)CC)c1N. The molecule has 0 unspecified atom stereocenters. The van der Waals surface area contributed by atoms with Crippen molar-refractivity contribution in [1.29, 1.82) is 0 Å². The van der Waals surface area contributed by atoms with Crippen molar-refractivity contribution in [1.82, 2.24) is 9.55 Å². The minimum absolute atomic E-state index is 0.0762. The zero-order valence-electron chi connectivity index (χ0n) is 13.3. The summed E-state index contributed by atoms with van der Waals surface area (Å²) in [6, 6.07) is 0. The van der Waals surface area contributed by atoms with Gasteiger partial charge in [-0.25, -0.2) is 9.78 Å². The molecule has 0 aliphatic heterocycles. The number of nitrogens with two attached hydrogens (primary N) is 1. The number of esters is 1. The summed E-state index contributed by atoms with van der Waals surface area (Å²) in [5, 5.41) is 0. The van der Waals surface area contributed by atoms with Crippen LogP contribution in [0.25, 0.3) is 0 Å². The first kappa shape index (κ1) is 16.5. The van der Waals surface area contributed by atoms with Crippen LogP contribution in [-0.2, 0) is 16.7 Å². The molecule has 5 nitrogen and oxygen atoms in total. The van der Waals surface area contributed by atoms with Gasteiger partial charge in [-0.1, -0.05) is 27.7 Å². The molecule has 0 radical (unpaired) electrons. The van der Waals surface area contributed by atoms with E-state index >= 15 is 0 Å². The lowest BCUT2D eigenvalue weighted by molar-refractivity contribution is 0.0521. The van der Waals surface area contributed by atoms with Crippen LogP contribution < -0.4 is 5.73 Å². The van der Waals surface area contributed by atoms with E-state index in [1.807, 2.05) is 6.92 Å². The molecule has 0 aliphatic carbocycles. The van der Waals surface area contributed by atoms with Crippen LogP contribution in [-0.4, -0.2) is 22.1 Å². The van der Waals surface area contributed by atoms with E-state index in [1.54, 1.807) is 6.92 Å². The van der Waals surface area contributed by atoms with E-state index in [1.165, 1.54) is 0 Å². The van der Waals surface area contributed by atoms with Gasteiger partial charge in [0.2, 0.25) is 0 Å². The first-order valence-corrected chi connectivity index (χ1v) is 7.55. The molecule has 20 heavy (non-hydrogen) atoms. The second-order valence-corrected chi connectivity index (χ2v) is 4.96. The molecule has 0 spiro atoms. The Morgan fingerprint density at radius 3 is 2.15 bits per heavy atom. The lowest BCUT2D eigenvalue weighted by Gasteiger charge is -2.34. The maximum atomic E-state index is 12.0. The fraction of sp³-hybridized carbons (Fsp3) is 0.733. The number of hydrogen-bond acceptors (Lipinski definition) is 4. The Labute approximate surface area is 121 Å². The molecule has 1 aromatic rings. The van der Waals surface area contributed by atoms with E-state index in [4.69, 9.17) is 10.5 Å². The van der Waals surface area contributed by atoms with Gasteiger partial charge in [0.1, 0.15) is 11.6 Å². The highest BCUT2D eigenvalue weighted by molar-refractivity contribution is 5.92. The third-order valence-electron chi connectivity index (χ3n) is 4.22. The Bertz CT molecular complexity index is 454. The van der Waals surface area contributed by atoms with Crippen molar-refractivity contribution in [3.05, 3.63) is 11.5 Å². The average molecular weight is 281 g/mol. The number of ether oxygens (including phenoxy) is 1. The molecule has 0 atom stereocenters. The Morgan fingerprint density at radius 1 is 1.20 bits per heavy atom. The van der Waals surface area contributed by atoms with E-state index in [0.29, 0.717) is 12.4 Å². The third kappa shape index (κ3) is 2.67. The monoisotopic (exact) mass is 281 g/mol. The standard InChI is InChI=1S/C15H27N3O2/c1-6-11-17-12(14(19)20-10-5)13(16)18(11)15(7-2,8-3)9-4/h6-10,16H2,1-5H3. The number of hydrogen-bond donors (Lipinski definition) is 1. The van der Waals surface area contributed by atoms with Crippen LogP contribution >= 0.6 is 0 Å². The summed E-state index contributed by atoms with van der Waals surface area (Å²) in [6.07, 6.45) is 3.60. The zero-order valence-corrected chi connectivity index (χ0v) is 13.3. The third-order valence-corrected chi connectivity index (χ3v) is 4.22. The topological polar surface area (TPSA) is 70.1 Å². The van der Waals surface area contributed by atoms with E-state index in [2.05, 4.69) is 30.3 Å². The highest BCUT2D eigenvalue weighted by Gasteiger charge is 2.33. The molecule has 0 aliphatic rings. The summed E-state index contributed by atoms with van der Waals surface area (Å²) < 4.78 is 7.10. The number of imidazole rings is 1. The van der Waals surface area contributed by atoms with Gasteiger partial charge in [0, 0.05) is 12.0 Å². The lowest BCUT2D eigenvalue weighted by Crippen LogP contribution is -2.34. The van der Waals surface area contributed by atoms with Gasteiger partial charge in [0.05, 0.1) is 6.61 Å². The second-order valence-electron chi connectivity index (χ2n) is 4.96. The van der Waals surface area contributed by atoms with E-state index in [-0.39, 0.29) is 11.2 Å². The van der Waals surface area contributed by atoms with Gasteiger partial charge in [0.15, 0.2) is 5.69 Å². The molecule has 0 bridgehead atoms. The smallest absolute Gasteiger partial charge is 0.360 e. The maximum Gasteiger partial charge on any atom is 0.360 e. The van der Waals surface area contributed by atoms with Crippen LogP contribution in [0.1, 0.15) is 70.2 Å². The maximum absolute atomic E-state index is 12.0. The first-order valence-electron chi connectivity index (χ1n) is 7.55. The van der Waals surface area contributed by atoms with E-state index in [0.717, 1.165) is 31.5 Å². The fourth-order valence-electron chi connectivity index (χ4n) is 2.82. The predicted octanol–water partition coefficient (Wildman–Crippen LogP) is 3.13. The number of carbonyl (C=O) groups excluding carboxylic acids is 1. The lowest BCUT2D eigenvalue weighted by atomic mass is 9.89. The van der Waals surface area contributed by atoms with Crippen molar-refractivity contribution < 1.29 is 9.53 Å². The molecule has 0 fully saturated rings. The average Bonchev–Trinajstić information content (AvgIpc) is 2.80. The van der Waals surface area contributed by atoms with Gasteiger partial charge < -0.3 is 15.0 Å². The Morgan fingerprint density at radius 2 is 1.75 bits per heavy atom. The van der Waals surface area contributed by atoms with Crippen molar-refractivity contribution in [3.63, 3.8) is 0 Å². The van der Waals surface area contributed by atoms with Crippen molar-refractivity contribution in [2.45, 2.75) is 65.8 Å². The van der Waals surface area contributed by atoms with Crippen molar-refractivity contribution in [3.8, 4) is 0 Å². The number of nitrogen functional groups attached to an aromatic ring is 1. The summed E-state index contributed by atoms with van der Waals surface area (Å²) in [7, 11) is 0. The fourth-order valence-corrected chi connectivity index (χ4v) is 2.82. The zero-order chi connectivity index (χ0) is 15.3. The number of anilines is 1. The van der Waals surface area contributed by atoms with Gasteiger partial charge in [-0.3, -0.25) is 0 Å². The molecule has 1 rings (SSSR count). The van der Waals surface area contributed by atoms with Gasteiger partial charge in [-0.05, 0) is 26.2 Å². The molecule has 0 amide bonds. The highest BCUT2D eigenvalue weighted by atomic mass is 16.5. The Balaban J connectivity index is 3.42. The summed E-state index contributed by atoms with van der Waals surface area (Å²) in [4.78, 5) is 16.4. The molecule has 1 heterocycles. The van der Waals surface area contributed by atoms with Crippen LogP contribution in [0.5, 0.6) is 0 Å². The predicted molar refractivity (Wildman–Crippen MR) is 80.8 cm³/mol. The quantitative estimate of drug-likeness (QED) is 0.779. The molecular weight excluding hydrogens is 254 g/mol. The van der Waals surface area contributed by atoms with Crippen LogP contribution in [0.15, 0.2) is 0 Å². The van der Waals surface area contributed by atoms with Crippen LogP contribution in [0, 0.1) is 0 Å². The minimum atomic E-state index is -0.435. The Hall–Kier alpha value is -1.52. The number of nitrogens with zero attached hydrogens (tertiary/aromatic N) is 2. The summed E-state index contributed by atoms with van der Waals surface area (Å²) >= 11 is 0. The van der Waals surface area contributed by atoms with Gasteiger partial charge in [-0.15, -0.1) is 0 Å². The normalized spacial score (nSPS) is 11.7. The number of carbonyl (C=O) groups is 1. The van der Waals surface area contributed by atoms with Crippen molar-refractivity contribution in [2.24, 2.45) is 0 Å². The van der Waals surface area contributed by atoms with Gasteiger partial charge in [-0.2, -0.15) is 0 Å².